The molecule has 0 radical (unpaired) electrons. The van der Waals surface area contributed by atoms with Crippen LogP contribution in [-0.2, 0) is 0 Å². The topological polar surface area (TPSA) is 29.1 Å². The summed E-state index contributed by atoms with van der Waals surface area (Å²) >= 11 is 1.58. The summed E-state index contributed by atoms with van der Waals surface area (Å²) in [4.78, 5) is 11.4. The first-order valence-corrected chi connectivity index (χ1v) is 5.76. The number of carbonyl (C=O) groups is 1. The summed E-state index contributed by atoms with van der Waals surface area (Å²) in [5, 5.41) is 2.54. The molecule has 5 heteroatoms. The van der Waals surface area contributed by atoms with Gasteiger partial charge < -0.3 is 5.32 Å². The van der Waals surface area contributed by atoms with E-state index in [2.05, 4.69) is 5.32 Å². The van der Waals surface area contributed by atoms with Crippen LogP contribution in [0.1, 0.15) is 10.4 Å². The Labute approximate surface area is 91.1 Å². The van der Waals surface area contributed by atoms with Gasteiger partial charge in [0.15, 0.2) is 0 Å². The molecule has 0 unspecified atom stereocenters. The van der Waals surface area contributed by atoms with Gasteiger partial charge in [0.25, 0.3) is 5.91 Å². The van der Waals surface area contributed by atoms with Crippen LogP contribution in [0.3, 0.4) is 0 Å². The average Bonchev–Trinajstić information content (AvgIpc) is 2.17. The molecule has 0 spiro atoms. The second kappa shape index (κ2) is 5.70. The minimum absolute atomic E-state index is 0.127. The van der Waals surface area contributed by atoms with Gasteiger partial charge in [-0.15, -0.1) is 0 Å². The number of halogens is 2. The first kappa shape index (κ1) is 12.0. The average molecular weight is 231 g/mol. The Balaban J connectivity index is 2.65. The van der Waals surface area contributed by atoms with Crippen LogP contribution in [-0.4, -0.2) is 24.5 Å². The number of thioether (sulfide) groups is 1. The predicted octanol–water partition coefficient (Wildman–Crippen LogP) is 2.06. The largest absolute Gasteiger partial charge is 0.351 e. The van der Waals surface area contributed by atoms with Gasteiger partial charge in [-0.1, -0.05) is 0 Å². The third-order valence-electron chi connectivity index (χ3n) is 1.77. The van der Waals surface area contributed by atoms with Crippen LogP contribution >= 0.6 is 11.8 Å². The Kier molecular flexibility index (Phi) is 4.55. The van der Waals surface area contributed by atoms with Crippen molar-refractivity contribution >= 4 is 17.7 Å². The fourth-order valence-electron chi connectivity index (χ4n) is 1.04. The summed E-state index contributed by atoms with van der Waals surface area (Å²) in [5.74, 6) is -1.28. The molecule has 1 aromatic rings. The Morgan fingerprint density at radius 1 is 1.47 bits per heavy atom. The van der Waals surface area contributed by atoms with Crippen LogP contribution in [0.4, 0.5) is 8.78 Å². The molecule has 1 aromatic carbocycles. The molecule has 82 valence electrons. The molecular weight excluding hydrogens is 220 g/mol. The first-order chi connectivity index (χ1) is 7.15. The molecule has 2 nitrogen and oxygen atoms in total. The summed E-state index contributed by atoms with van der Waals surface area (Å²) in [6.07, 6.45) is 1.91. The van der Waals surface area contributed by atoms with Crippen molar-refractivity contribution in [2.75, 3.05) is 18.6 Å². The highest BCUT2D eigenvalue weighted by molar-refractivity contribution is 7.98. The van der Waals surface area contributed by atoms with Crippen molar-refractivity contribution in [3.05, 3.63) is 35.4 Å². The zero-order valence-electron chi connectivity index (χ0n) is 8.22. The van der Waals surface area contributed by atoms with E-state index in [1.807, 2.05) is 6.26 Å². The fraction of sp³-hybridized carbons (Fsp3) is 0.300. The molecule has 0 aromatic heterocycles. The molecule has 0 saturated carbocycles. The molecule has 0 fully saturated rings. The van der Waals surface area contributed by atoms with Gasteiger partial charge >= 0.3 is 0 Å². The van der Waals surface area contributed by atoms with E-state index in [1.165, 1.54) is 0 Å². The van der Waals surface area contributed by atoms with Gasteiger partial charge in [-0.25, -0.2) is 8.78 Å². The van der Waals surface area contributed by atoms with Crippen molar-refractivity contribution in [1.29, 1.82) is 0 Å². The van der Waals surface area contributed by atoms with Crippen molar-refractivity contribution < 1.29 is 13.6 Å². The van der Waals surface area contributed by atoms with Crippen molar-refractivity contribution in [2.24, 2.45) is 0 Å². The number of hydrogen-bond acceptors (Lipinski definition) is 2. The quantitative estimate of drug-likeness (QED) is 0.804. The van der Waals surface area contributed by atoms with Crippen LogP contribution in [0.2, 0.25) is 0 Å². The van der Waals surface area contributed by atoms with Crippen LogP contribution in [0.25, 0.3) is 0 Å². The van der Waals surface area contributed by atoms with Gasteiger partial charge in [0.2, 0.25) is 0 Å². The van der Waals surface area contributed by atoms with Gasteiger partial charge in [0.1, 0.15) is 11.6 Å². The molecule has 1 amide bonds. The zero-order chi connectivity index (χ0) is 11.3. The molecule has 0 bridgehead atoms. The SMILES string of the molecule is CSCCNC(=O)c1ccc(F)cc1F. The van der Waals surface area contributed by atoms with E-state index < -0.39 is 17.5 Å². The summed E-state index contributed by atoms with van der Waals surface area (Å²) < 4.78 is 25.6. The van der Waals surface area contributed by atoms with Gasteiger partial charge in [0.05, 0.1) is 5.56 Å². The first-order valence-electron chi connectivity index (χ1n) is 4.37. The van der Waals surface area contributed by atoms with Crippen LogP contribution < -0.4 is 5.32 Å². The predicted molar refractivity (Wildman–Crippen MR) is 57.1 cm³/mol. The van der Waals surface area contributed by atoms with Gasteiger partial charge in [-0.2, -0.15) is 11.8 Å². The standard InChI is InChI=1S/C10H11F2NOS/c1-15-5-4-13-10(14)8-3-2-7(11)6-9(8)12/h2-3,6H,4-5H2,1H3,(H,13,14). The van der Waals surface area contributed by atoms with Crippen molar-refractivity contribution in [3.8, 4) is 0 Å². The highest BCUT2D eigenvalue weighted by atomic mass is 32.2. The minimum Gasteiger partial charge on any atom is -0.351 e. The van der Waals surface area contributed by atoms with E-state index >= 15 is 0 Å². The lowest BCUT2D eigenvalue weighted by Gasteiger charge is -2.04. The highest BCUT2D eigenvalue weighted by Gasteiger charge is 2.11. The Hall–Kier alpha value is -1.10. The highest BCUT2D eigenvalue weighted by Crippen LogP contribution is 2.09. The number of rotatable bonds is 4. The lowest BCUT2D eigenvalue weighted by atomic mass is 10.2. The lowest BCUT2D eigenvalue weighted by Crippen LogP contribution is -2.26. The Morgan fingerprint density at radius 2 is 2.20 bits per heavy atom. The van der Waals surface area contributed by atoms with Crippen LogP contribution in [0.15, 0.2) is 18.2 Å². The lowest BCUT2D eigenvalue weighted by molar-refractivity contribution is 0.0952. The van der Waals surface area contributed by atoms with Gasteiger partial charge in [-0.3, -0.25) is 4.79 Å². The van der Waals surface area contributed by atoms with Crippen LogP contribution in [0, 0.1) is 11.6 Å². The Bertz CT molecular complexity index is 357. The maximum absolute atomic E-state index is 13.1. The maximum atomic E-state index is 13.1. The smallest absolute Gasteiger partial charge is 0.254 e. The molecule has 0 aliphatic rings. The monoisotopic (exact) mass is 231 g/mol. The molecule has 0 heterocycles. The molecule has 1 N–H and O–H groups in total. The van der Waals surface area contributed by atoms with E-state index in [0.717, 1.165) is 17.9 Å². The van der Waals surface area contributed by atoms with E-state index in [4.69, 9.17) is 0 Å². The van der Waals surface area contributed by atoms with E-state index in [0.29, 0.717) is 12.6 Å². The molecular formula is C10H11F2NOS. The second-order valence-electron chi connectivity index (χ2n) is 2.87. The third-order valence-corrected chi connectivity index (χ3v) is 2.38. The second-order valence-corrected chi connectivity index (χ2v) is 3.86. The number of hydrogen-bond donors (Lipinski definition) is 1. The van der Waals surface area contributed by atoms with Crippen molar-refractivity contribution in [1.82, 2.24) is 5.32 Å². The summed E-state index contributed by atoms with van der Waals surface area (Å²) in [6.45, 7) is 0.469. The number of amides is 1. The Morgan fingerprint density at radius 3 is 2.80 bits per heavy atom. The number of benzene rings is 1. The number of nitrogens with one attached hydrogen (secondary N) is 1. The number of carbonyl (C=O) groups excluding carboxylic acids is 1. The molecule has 0 aliphatic carbocycles. The molecule has 0 aliphatic heterocycles. The molecule has 15 heavy (non-hydrogen) atoms. The fourth-order valence-corrected chi connectivity index (χ4v) is 1.34. The summed E-state index contributed by atoms with van der Waals surface area (Å²) in [7, 11) is 0. The van der Waals surface area contributed by atoms with Gasteiger partial charge in [0, 0.05) is 18.4 Å². The van der Waals surface area contributed by atoms with E-state index in [9.17, 15) is 13.6 Å². The van der Waals surface area contributed by atoms with Crippen molar-refractivity contribution in [3.63, 3.8) is 0 Å². The molecule has 1 rings (SSSR count). The minimum atomic E-state index is -0.836. The van der Waals surface area contributed by atoms with E-state index in [-0.39, 0.29) is 5.56 Å². The summed E-state index contributed by atoms with van der Waals surface area (Å²) in [6, 6.07) is 2.90. The van der Waals surface area contributed by atoms with E-state index in [1.54, 1.807) is 11.8 Å². The zero-order valence-corrected chi connectivity index (χ0v) is 9.04. The summed E-state index contributed by atoms with van der Waals surface area (Å²) in [5.41, 5.74) is -0.127. The maximum Gasteiger partial charge on any atom is 0.254 e. The third kappa shape index (κ3) is 3.51. The van der Waals surface area contributed by atoms with Crippen LogP contribution in [0.5, 0.6) is 0 Å². The van der Waals surface area contributed by atoms with Crippen molar-refractivity contribution in [2.45, 2.75) is 0 Å². The van der Waals surface area contributed by atoms with Gasteiger partial charge in [-0.05, 0) is 18.4 Å². The normalized spacial score (nSPS) is 10.1. The molecule has 0 saturated heterocycles. The molecule has 0 atom stereocenters.